The van der Waals surface area contributed by atoms with Gasteiger partial charge in [0.1, 0.15) is 16.8 Å². The van der Waals surface area contributed by atoms with Crippen molar-refractivity contribution in [1.29, 1.82) is 0 Å². The number of hydrogen-bond acceptors (Lipinski definition) is 5. The molecule has 22 heavy (non-hydrogen) atoms. The lowest BCUT2D eigenvalue weighted by atomic mass is 10.2. The molecule has 3 heterocycles. The Hall–Kier alpha value is -1.82. The lowest BCUT2D eigenvalue weighted by Gasteiger charge is -2.19. The van der Waals surface area contributed by atoms with E-state index < -0.39 is 0 Å². The first-order chi connectivity index (χ1) is 10.6. The van der Waals surface area contributed by atoms with E-state index in [-0.39, 0.29) is 0 Å². The van der Waals surface area contributed by atoms with Gasteiger partial charge in [-0.3, -0.25) is 4.68 Å². The minimum absolute atomic E-state index is 0.357. The number of halogens is 1. The predicted molar refractivity (Wildman–Crippen MR) is 88.6 cm³/mol. The fourth-order valence-electron chi connectivity index (χ4n) is 2.87. The van der Waals surface area contributed by atoms with Gasteiger partial charge in [0.15, 0.2) is 0 Å². The highest BCUT2D eigenvalue weighted by molar-refractivity contribution is 6.30. The zero-order valence-electron chi connectivity index (χ0n) is 13.2. The molecule has 1 fully saturated rings. The van der Waals surface area contributed by atoms with Gasteiger partial charge < -0.3 is 10.2 Å². The fraction of sp³-hybridized carbons (Fsp3) is 0.533. The molecule has 6 nitrogen and oxygen atoms in total. The van der Waals surface area contributed by atoms with Crippen molar-refractivity contribution in [3.8, 4) is 0 Å². The Morgan fingerprint density at radius 2 is 2.23 bits per heavy atom. The van der Waals surface area contributed by atoms with E-state index in [1.165, 1.54) is 5.69 Å². The maximum absolute atomic E-state index is 6.24. The molecule has 1 saturated heterocycles. The Labute approximate surface area is 135 Å². The van der Waals surface area contributed by atoms with E-state index >= 15 is 0 Å². The molecule has 7 heteroatoms. The summed E-state index contributed by atoms with van der Waals surface area (Å²) in [5.74, 6) is 1.57. The summed E-state index contributed by atoms with van der Waals surface area (Å²) < 4.78 is 1.83. The van der Waals surface area contributed by atoms with Gasteiger partial charge in [0.25, 0.3) is 0 Å². The molecule has 0 unspecified atom stereocenters. The van der Waals surface area contributed by atoms with E-state index in [0.717, 1.165) is 37.3 Å². The third kappa shape index (κ3) is 3.02. The maximum atomic E-state index is 6.24. The van der Waals surface area contributed by atoms with Gasteiger partial charge in [0.2, 0.25) is 0 Å². The lowest BCUT2D eigenvalue weighted by Crippen LogP contribution is -2.26. The van der Waals surface area contributed by atoms with Crippen molar-refractivity contribution in [2.24, 2.45) is 7.05 Å². The van der Waals surface area contributed by atoms with Crippen molar-refractivity contribution < 1.29 is 0 Å². The molecule has 0 radical (unpaired) electrons. The van der Waals surface area contributed by atoms with Gasteiger partial charge in [-0.1, -0.05) is 18.5 Å². The standard InChI is InChI=1S/C15H21ClN6/c1-4-13-14(16)18-10(2)19-15(13)20-11-5-6-22(8-11)12-7-17-21(3)9-12/h7,9,11H,4-6,8H2,1-3H3,(H,18,19,20)/t11-/m1/s1. The molecule has 1 N–H and O–H groups in total. The van der Waals surface area contributed by atoms with Gasteiger partial charge in [-0.05, 0) is 19.8 Å². The molecule has 2 aromatic rings. The second kappa shape index (κ2) is 6.12. The van der Waals surface area contributed by atoms with Crippen molar-refractivity contribution in [3.05, 3.63) is 28.9 Å². The van der Waals surface area contributed by atoms with Crippen molar-refractivity contribution in [3.63, 3.8) is 0 Å². The number of rotatable bonds is 4. The molecule has 0 spiro atoms. The number of nitrogens with one attached hydrogen (secondary N) is 1. The van der Waals surface area contributed by atoms with Gasteiger partial charge in [-0.25, -0.2) is 9.97 Å². The molecule has 0 bridgehead atoms. The van der Waals surface area contributed by atoms with Crippen LogP contribution in [-0.2, 0) is 13.5 Å². The lowest BCUT2D eigenvalue weighted by molar-refractivity contribution is 0.767. The van der Waals surface area contributed by atoms with E-state index in [4.69, 9.17) is 11.6 Å². The first-order valence-corrected chi connectivity index (χ1v) is 7.97. The van der Waals surface area contributed by atoms with Crippen LogP contribution >= 0.6 is 11.6 Å². The quantitative estimate of drug-likeness (QED) is 0.877. The zero-order valence-corrected chi connectivity index (χ0v) is 13.9. The molecule has 0 saturated carbocycles. The van der Waals surface area contributed by atoms with Gasteiger partial charge in [0.05, 0.1) is 11.9 Å². The Bertz CT molecular complexity index is 668. The second-order valence-electron chi connectivity index (χ2n) is 5.69. The second-order valence-corrected chi connectivity index (χ2v) is 6.05. The Morgan fingerprint density at radius 3 is 2.91 bits per heavy atom. The Kier molecular flexibility index (Phi) is 4.20. The number of aryl methyl sites for hydroxylation is 2. The van der Waals surface area contributed by atoms with Crippen molar-refractivity contribution >= 4 is 23.1 Å². The number of anilines is 2. The molecule has 2 aromatic heterocycles. The van der Waals surface area contributed by atoms with Gasteiger partial charge >= 0.3 is 0 Å². The van der Waals surface area contributed by atoms with Gasteiger partial charge in [0, 0.05) is 37.9 Å². The third-order valence-corrected chi connectivity index (χ3v) is 4.32. The first kappa shape index (κ1) is 15.1. The number of aromatic nitrogens is 4. The van der Waals surface area contributed by atoms with Crippen LogP contribution in [0.3, 0.4) is 0 Å². The minimum atomic E-state index is 0.357. The van der Waals surface area contributed by atoms with Crippen LogP contribution in [0.1, 0.15) is 24.7 Å². The van der Waals surface area contributed by atoms with Crippen molar-refractivity contribution in [1.82, 2.24) is 19.7 Å². The summed E-state index contributed by atoms with van der Waals surface area (Å²) in [5, 5.41) is 8.34. The van der Waals surface area contributed by atoms with Crippen LogP contribution in [0, 0.1) is 6.92 Å². The molecule has 118 valence electrons. The summed E-state index contributed by atoms with van der Waals surface area (Å²) in [6, 6.07) is 0.357. The summed E-state index contributed by atoms with van der Waals surface area (Å²) in [7, 11) is 1.94. The topological polar surface area (TPSA) is 58.9 Å². The van der Waals surface area contributed by atoms with Crippen LogP contribution in [0.2, 0.25) is 5.15 Å². The zero-order chi connectivity index (χ0) is 15.7. The van der Waals surface area contributed by atoms with Gasteiger partial charge in [-0.2, -0.15) is 5.10 Å². The summed E-state index contributed by atoms with van der Waals surface area (Å²) in [6.07, 6.45) is 5.84. The average molecular weight is 321 g/mol. The molecule has 3 rings (SSSR count). The van der Waals surface area contributed by atoms with Gasteiger partial charge in [-0.15, -0.1) is 0 Å². The smallest absolute Gasteiger partial charge is 0.138 e. The van der Waals surface area contributed by atoms with Crippen LogP contribution < -0.4 is 10.2 Å². The van der Waals surface area contributed by atoms with E-state index in [0.29, 0.717) is 17.0 Å². The fourth-order valence-corrected chi connectivity index (χ4v) is 3.22. The van der Waals surface area contributed by atoms with E-state index in [2.05, 4.69) is 32.2 Å². The van der Waals surface area contributed by atoms with Crippen LogP contribution in [0.25, 0.3) is 0 Å². The van der Waals surface area contributed by atoms with Crippen molar-refractivity contribution in [2.75, 3.05) is 23.3 Å². The Morgan fingerprint density at radius 1 is 1.41 bits per heavy atom. The Balaban J connectivity index is 1.72. The molecule has 0 aliphatic carbocycles. The van der Waals surface area contributed by atoms with Crippen LogP contribution in [0.15, 0.2) is 12.4 Å². The number of hydrogen-bond donors (Lipinski definition) is 1. The van der Waals surface area contributed by atoms with Crippen LogP contribution in [-0.4, -0.2) is 38.9 Å². The summed E-state index contributed by atoms with van der Waals surface area (Å²) in [4.78, 5) is 11.1. The first-order valence-electron chi connectivity index (χ1n) is 7.60. The summed E-state index contributed by atoms with van der Waals surface area (Å²) in [6.45, 7) is 5.90. The van der Waals surface area contributed by atoms with E-state index in [1.54, 1.807) is 0 Å². The SMILES string of the molecule is CCc1c(Cl)nc(C)nc1N[C@@H]1CCN(c2cnn(C)c2)C1. The summed E-state index contributed by atoms with van der Waals surface area (Å²) in [5.41, 5.74) is 2.16. The average Bonchev–Trinajstić information content (AvgIpc) is 3.07. The van der Waals surface area contributed by atoms with E-state index in [1.807, 2.05) is 31.0 Å². The molecule has 1 aliphatic rings. The van der Waals surface area contributed by atoms with Crippen LogP contribution in [0.5, 0.6) is 0 Å². The highest BCUT2D eigenvalue weighted by Gasteiger charge is 2.24. The predicted octanol–water partition coefficient (Wildman–Crippen LogP) is 2.43. The molecular weight excluding hydrogens is 300 g/mol. The third-order valence-electron chi connectivity index (χ3n) is 4.01. The summed E-state index contributed by atoms with van der Waals surface area (Å²) >= 11 is 6.24. The maximum Gasteiger partial charge on any atom is 0.138 e. The monoisotopic (exact) mass is 320 g/mol. The highest BCUT2D eigenvalue weighted by Crippen LogP contribution is 2.25. The normalized spacial score (nSPS) is 18.0. The molecular formula is C15H21ClN6. The minimum Gasteiger partial charge on any atom is -0.367 e. The van der Waals surface area contributed by atoms with Crippen molar-refractivity contribution in [2.45, 2.75) is 32.7 Å². The molecule has 1 aliphatic heterocycles. The number of nitrogens with zero attached hydrogens (tertiary/aromatic N) is 5. The van der Waals surface area contributed by atoms with E-state index in [9.17, 15) is 0 Å². The van der Waals surface area contributed by atoms with Crippen LogP contribution in [0.4, 0.5) is 11.5 Å². The molecule has 0 amide bonds. The molecule has 0 aromatic carbocycles. The molecule has 1 atom stereocenters. The largest absolute Gasteiger partial charge is 0.367 e. The highest BCUT2D eigenvalue weighted by atomic mass is 35.5.